The van der Waals surface area contributed by atoms with Gasteiger partial charge in [-0.3, -0.25) is 4.79 Å². The minimum atomic E-state index is -1.35. The van der Waals surface area contributed by atoms with E-state index in [1.54, 1.807) is 54.7 Å². The van der Waals surface area contributed by atoms with Crippen molar-refractivity contribution in [2.24, 2.45) is 0 Å². The van der Waals surface area contributed by atoms with E-state index in [0.29, 0.717) is 24.3 Å². The van der Waals surface area contributed by atoms with Crippen LogP contribution in [0.2, 0.25) is 0 Å². The average Bonchev–Trinajstić information content (AvgIpc) is 3.21. The lowest BCUT2D eigenvalue weighted by Gasteiger charge is -2.61. The van der Waals surface area contributed by atoms with Crippen LogP contribution in [0.1, 0.15) is 71.9 Å². The second-order valence-corrected chi connectivity index (χ2v) is 13.7. The number of nitrogens with one attached hydrogen (secondary N) is 1. The van der Waals surface area contributed by atoms with Gasteiger partial charge in [0.25, 0.3) is 0 Å². The fraction of sp³-hybridized carbons (Fsp3) is 0.645. The molecular weight excluding hydrogens is 544 g/mol. The maximum Gasteiger partial charge on any atom is 0.408 e. The number of ether oxygens (including phenoxy) is 5. The lowest BCUT2D eigenvalue weighted by molar-refractivity contribution is -0.170. The second-order valence-electron chi connectivity index (χ2n) is 13.7. The molecule has 2 N–H and O–H groups in total. The van der Waals surface area contributed by atoms with Gasteiger partial charge in [0.1, 0.15) is 23.0 Å². The predicted octanol–water partition coefficient (Wildman–Crippen LogP) is 3.14. The number of methoxy groups -OCH3 is 1. The van der Waals surface area contributed by atoms with Crippen LogP contribution in [0, 0.1) is 0 Å². The minimum absolute atomic E-state index is 0.146. The summed E-state index contributed by atoms with van der Waals surface area (Å²) >= 11 is 0. The first-order chi connectivity index (χ1) is 19.5. The highest BCUT2D eigenvalue weighted by atomic mass is 16.6. The highest BCUT2D eigenvalue weighted by Gasteiger charge is 2.72. The number of carbonyl (C=O) groups is 3. The van der Waals surface area contributed by atoms with E-state index in [0.717, 1.165) is 17.7 Å². The summed E-state index contributed by atoms with van der Waals surface area (Å²) in [5.41, 5.74) is -1.66. The highest BCUT2D eigenvalue weighted by Crippen LogP contribution is 2.65. The monoisotopic (exact) mass is 586 g/mol. The molecule has 5 atom stereocenters. The zero-order chi connectivity index (χ0) is 30.8. The van der Waals surface area contributed by atoms with Crippen LogP contribution < -0.4 is 14.8 Å². The molecule has 1 amide bonds. The first kappa shape index (κ1) is 30.2. The molecule has 11 nitrogen and oxygen atoms in total. The largest absolute Gasteiger partial charge is 0.493 e. The van der Waals surface area contributed by atoms with Crippen LogP contribution in [0.5, 0.6) is 11.5 Å². The molecule has 0 aromatic heterocycles. The summed E-state index contributed by atoms with van der Waals surface area (Å²) in [6, 6.07) is 2.40. The van der Waals surface area contributed by atoms with Crippen LogP contribution in [0.3, 0.4) is 0 Å². The molecule has 5 rings (SSSR count). The molecule has 2 heterocycles. The Labute approximate surface area is 246 Å². The van der Waals surface area contributed by atoms with Crippen molar-refractivity contribution in [1.82, 2.24) is 10.2 Å². The van der Waals surface area contributed by atoms with Gasteiger partial charge in [-0.2, -0.15) is 0 Å². The third-order valence-electron chi connectivity index (χ3n) is 8.54. The molecule has 1 saturated heterocycles. The Balaban J connectivity index is 1.43. The van der Waals surface area contributed by atoms with E-state index >= 15 is 0 Å². The fourth-order valence-corrected chi connectivity index (χ4v) is 6.94. The molecule has 230 valence electrons. The molecule has 0 radical (unpaired) electrons. The molecule has 11 heteroatoms. The summed E-state index contributed by atoms with van der Waals surface area (Å²) in [5.74, 6) is -0.181. The maximum atomic E-state index is 13.4. The number of amides is 1. The number of esters is 2. The van der Waals surface area contributed by atoms with Crippen molar-refractivity contribution in [2.45, 2.75) is 108 Å². The van der Waals surface area contributed by atoms with Crippen molar-refractivity contribution in [3.8, 4) is 11.5 Å². The van der Waals surface area contributed by atoms with Gasteiger partial charge in [-0.05, 0) is 85.7 Å². The third kappa shape index (κ3) is 5.00. The van der Waals surface area contributed by atoms with Gasteiger partial charge < -0.3 is 39.0 Å². The van der Waals surface area contributed by atoms with Gasteiger partial charge in [-0.15, -0.1) is 0 Å². The lowest BCUT2D eigenvalue weighted by Crippen LogP contribution is -2.74. The van der Waals surface area contributed by atoms with Crippen molar-refractivity contribution < 1.29 is 43.2 Å². The number of hydrogen-bond acceptors (Lipinski definition) is 10. The quantitative estimate of drug-likeness (QED) is 0.378. The standard InChI is InChI=1S/C31H42N2O9/c1-28(2,3)41-26(35)18(32-27(36)42-29(4,5)6)16-22(34)39-20-11-12-31(37)21-15-17-9-10-19(38-8)24-23(17)30(31,25(20)40-24)13-14-33(21)7/h9-11,18,21,25,37H,12-16H2,1-8H3,(H,32,36)/t18-,21+,25-,30-,31+/m0/s1. The molecule has 1 spiro atoms. The van der Waals surface area contributed by atoms with E-state index in [1.165, 1.54) is 0 Å². The summed E-state index contributed by atoms with van der Waals surface area (Å²) in [4.78, 5) is 41.1. The molecule has 42 heavy (non-hydrogen) atoms. The molecule has 0 unspecified atom stereocenters. The Kier molecular flexibility index (Phi) is 7.29. The van der Waals surface area contributed by atoms with Crippen molar-refractivity contribution in [1.29, 1.82) is 0 Å². The molecule has 1 aromatic rings. The Morgan fingerprint density at radius 2 is 1.83 bits per heavy atom. The number of piperidine rings is 1. The smallest absolute Gasteiger partial charge is 0.408 e. The molecule has 4 aliphatic rings. The summed E-state index contributed by atoms with van der Waals surface area (Å²) in [6.07, 6.45) is 1.08. The van der Waals surface area contributed by atoms with E-state index in [9.17, 15) is 19.5 Å². The Hall–Kier alpha value is -3.31. The highest BCUT2D eigenvalue weighted by molar-refractivity contribution is 5.87. The van der Waals surface area contributed by atoms with Gasteiger partial charge in [-0.1, -0.05) is 6.07 Å². The number of benzene rings is 1. The zero-order valence-corrected chi connectivity index (χ0v) is 25.7. The van der Waals surface area contributed by atoms with Crippen molar-refractivity contribution in [2.75, 3.05) is 20.7 Å². The van der Waals surface area contributed by atoms with Crippen LogP contribution in [0.4, 0.5) is 4.79 Å². The maximum absolute atomic E-state index is 13.4. The molecule has 1 fully saturated rings. The summed E-state index contributed by atoms with van der Waals surface area (Å²) in [5, 5.41) is 14.8. The van der Waals surface area contributed by atoms with Crippen LogP contribution in [0.15, 0.2) is 24.0 Å². The molecule has 0 saturated carbocycles. The first-order valence-electron chi connectivity index (χ1n) is 14.4. The number of hydrogen-bond donors (Lipinski definition) is 2. The summed E-state index contributed by atoms with van der Waals surface area (Å²) < 4.78 is 28.8. The van der Waals surface area contributed by atoms with Gasteiger partial charge in [0.2, 0.25) is 0 Å². The van der Waals surface area contributed by atoms with E-state index in [4.69, 9.17) is 23.7 Å². The van der Waals surface area contributed by atoms with Gasteiger partial charge in [0, 0.05) is 18.0 Å². The number of alkyl carbamates (subject to hydrolysis) is 1. The number of likely N-dealkylation sites (tertiary alicyclic amines) is 1. The fourth-order valence-electron chi connectivity index (χ4n) is 6.94. The SMILES string of the molecule is COc1ccc2c3c1O[C@H]1C(OC(=O)C[C@H](NC(=O)OC(C)(C)C)C(=O)OC(C)(C)C)=CC[C@@]4(O)[C@@H](C2)N(C)CC[C@]314. The van der Waals surface area contributed by atoms with Gasteiger partial charge >= 0.3 is 18.0 Å². The van der Waals surface area contributed by atoms with Gasteiger partial charge in [-0.25, -0.2) is 9.59 Å². The average molecular weight is 587 g/mol. The van der Waals surface area contributed by atoms with Crippen molar-refractivity contribution in [3.63, 3.8) is 0 Å². The number of carbonyl (C=O) groups excluding carboxylic acids is 3. The number of rotatable bonds is 6. The molecular formula is C31H42N2O9. The first-order valence-corrected chi connectivity index (χ1v) is 14.4. The third-order valence-corrected chi connectivity index (χ3v) is 8.54. The van der Waals surface area contributed by atoms with E-state index in [2.05, 4.69) is 10.2 Å². The van der Waals surface area contributed by atoms with Gasteiger partial charge in [0.15, 0.2) is 17.6 Å². The van der Waals surface area contributed by atoms with Crippen LogP contribution in [0.25, 0.3) is 0 Å². The topological polar surface area (TPSA) is 133 Å². The van der Waals surface area contributed by atoms with Crippen LogP contribution in [-0.4, -0.2) is 83.7 Å². The van der Waals surface area contributed by atoms with Crippen LogP contribution >= 0.6 is 0 Å². The van der Waals surface area contributed by atoms with E-state index in [-0.39, 0.29) is 18.2 Å². The van der Waals surface area contributed by atoms with E-state index in [1.807, 2.05) is 19.2 Å². The normalized spacial score (nSPS) is 28.5. The van der Waals surface area contributed by atoms with Crippen molar-refractivity contribution >= 4 is 18.0 Å². The Morgan fingerprint density at radius 1 is 1.14 bits per heavy atom. The number of likely N-dealkylation sites (N-methyl/N-ethyl adjacent to an activating group) is 1. The van der Waals surface area contributed by atoms with Gasteiger partial charge in [0.05, 0.1) is 24.5 Å². The molecule has 2 bridgehead atoms. The molecule has 1 aromatic carbocycles. The molecule has 2 aliphatic carbocycles. The number of nitrogens with zero attached hydrogens (tertiary/aromatic N) is 1. The zero-order valence-electron chi connectivity index (χ0n) is 25.7. The number of aliphatic hydroxyl groups is 1. The van der Waals surface area contributed by atoms with Crippen LogP contribution in [-0.2, 0) is 35.6 Å². The van der Waals surface area contributed by atoms with Crippen molar-refractivity contribution in [3.05, 3.63) is 35.1 Å². The minimum Gasteiger partial charge on any atom is -0.493 e. The predicted molar refractivity (Wildman–Crippen MR) is 151 cm³/mol. The van der Waals surface area contributed by atoms with E-state index < -0.39 is 58.8 Å². The Morgan fingerprint density at radius 3 is 2.48 bits per heavy atom. The molecule has 2 aliphatic heterocycles. The summed E-state index contributed by atoms with van der Waals surface area (Å²) in [7, 11) is 3.59. The second kappa shape index (κ2) is 10.2. The lowest BCUT2D eigenvalue weighted by atomic mass is 9.50. The Bertz CT molecular complexity index is 1330. The summed E-state index contributed by atoms with van der Waals surface area (Å²) in [6.45, 7) is 10.9.